The molecule has 0 aliphatic carbocycles. The molecule has 2 aromatic carbocycles. The first-order chi connectivity index (χ1) is 10.2. The van der Waals surface area contributed by atoms with Gasteiger partial charge in [0, 0.05) is 12.1 Å². The van der Waals surface area contributed by atoms with Gasteiger partial charge in [-0.05, 0) is 37.5 Å². The molecule has 1 aliphatic heterocycles. The molecule has 2 atom stereocenters. The van der Waals surface area contributed by atoms with E-state index in [9.17, 15) is 0 Å². The van der Waals surface area contributed by atoms with E-state index >= 15 is 0 Å². The van der Waals surface area contributed by atoms with Crippen LogP contribution in [-0.4, -0.2) is 12.8 Å². The molecular formula is C18H21NO2. The van der Waals surface area contributed by atoms with Crippen LogP contribution in [-0.2, 0) is 6.42 Å². The maximum Gasteiger partial charge on any atom is 0.231 e. The van der Waals surface area contributed by atoms with Crippen LogP contribution in [0.1, 0.15) is 31.0 Å². The van der Waals surface area contributed by atoms with Gasteiger partial charge in [-0.2, -0.15) is 0 Å². The minimum atomic E-state index is 0.328. The van der Waals surface area contributed by atoms with Crippen molar-refractivity contribution in [2.75, 3.05) is 6.79 Å². The van der Waals surface area contributed by atoms with Crippen LogP contribution in [0.4, 0.5) is 0 Å². The molecule has 1 aliphatic rings. The number of benzene rings is 2. The lowest BCUT2D eigenvalue weighted by Gasteiger charge is -2.21. The van der Waals surface area contributed by atoms with Crippen LogP contribution in [0.15, 0.2) is 48.5 Å². The highest BCUT2D eigenvalue weighted by Crippen LogP contribution is 2.35. The predicted octanol–water partition coefficient (Wildman–Crippen LogP) is 3.70. The smallest absolute Gasteiger partial charge is 0.231 e. The van der Waals surface area contributed by atoms with E-state index < -0.39 is 0 Å². The highest BCUT2D eigenvalue weighted by atomic mass is 16.7. The number of rotatable bonds is 5. The van der Waals surface area contributed by atoms with Gasteiger partial charge in [0.25, 0.3) is 0 Å². The fourth-order valence-electron chi connectivity index (χ4n) is 2.80. The third kappa shape index (κ3) is 3.19. The molecular weight excluding hydrogens is 262 g/mol. The molecule has 2 aromatic rings. The van der Waals surface area contributed by atoms with Crippen LogP contribution in [0.2, 0.25) is 0 Å². The lowest BCUT2D eigenvalue weighted by molar-refractivity contribution is 0.173. The van der Waals surface area contributed by atoms with Gasteiger partial charge in [-0.15, -0.1) is 0 Å². The van der Waals surface area contributed by atoms with Crippen LogP contribution in [0.25, 0.3) is 0 Å². The fourth-order valence-corrected chi connectivity index (χ4v) is 2.80. The molecule has 21 heavy (non-hydrogen) atoms. The third-order valence-corrected chi connectivity index (χ3v) is 3.84. The molecule has 0 radical (unpaired) electrons. The van der Waals surface area contributed by atoms with E-state index in [1.54, 1.807) is 0 Å². The Labute approximate surface area is 125 Å². The Morgan fingerprint density at radius 2 is 1.81 bits per heavy atom. The van der Waals surface area contributed by atoms with Crippen molar-refractivity contribution in [1.82, 2.24) is 5.32 Å². The van der Waals surface area contributed by atoms with Crippen LogP contribution < -0.4 is 14.8 Å². The van der Waals surface area contributed by atoms with Crippen molar-refractivity contribution >= 4 is 0 Å². The Morgan fingerprint density at radius 3 is 2.62 bits per heavy atom. The number of fused-ring (bicyclic) bond motifs is 1. The van der Waals surface area contributed by atoms with E-state index in [1.165, 1.54) is 11.1 Å². The predicted molar refractivity (Wildman–Crippen MR) is 83.7 cm³/mol. The van der Waals surface area contributed by atoms with Crippen molar-refractivity contribution in [2.45, 2.75) is 32.4 Å². The number of para-hydroxylation sites is 1. The first kappa shape index (κ1) is 14.0. The molecule has 0 bridgehead atoms. The molecule has 0 spiro atoms. The molecule has 0 saturated heterocycles. The minimum Gasteiger partial charge on any atom is -0.454 e. The van der Waals surface area contributed by atoms with E-state index in [0.717, 1.165) is 17.9 Å². The molecule has 0 amide bonds. The standard InChI is InChI=1S/C18H21NO2/c1-13(19-14(2)15-7-4-3-5-8-15)11-16-9-6-10-17-18(16)21-12-20-17/h3-10,13-14,19H,11-12H2,1-2H3/t13-,14-/m0/s1. The zero-order chi connectivity index (χ0) is 14.7. The van der Waals surface area contributed by atoms with Crippen molar-refractivity contribution in [3.8, 4) is 11.5 Å². The van der Waals surface area contributed by atoms with Gasteiger partial charge < -0.3 is 14.8 Å². The number of hydrogen-bond acceptors (Lipinski definition) is 3. The Balaban J connectivity index is 1.65. The summed E-state index contributed by atoms with van der Waals surface area (Å²) in [6.45, 7) is 4.73. The first-order valence-electron chi connectivity index (χ1n) is 7.42. The van der Waals surface area contributed by atoms with E-state index in [4.69, 9.17) is 9.47 Å². The zero-order valence-electron chi connectivity index (χ0n) is 12.5. The second-order valence-corrected chi connectivity index (χ2v) is 5.56. The minimum absolute atomic E-state index is 0.328. The van der Waals surface area contributed by atoms with Crippen molar-refractivity contribution in [2.24, 2.45) is 0 Å². The second kappa shape index (κ2) is 6.19. The summed E-state index contributed by atoms with van der Waals surface area (Å²) in [4.78, 5) is 0. The zero-order valence-corrected chi connectivity index (χ0v) is 12.5. The van der Waals surface area contributed by atoms with Crippen LogP contribution in [0.3, 0.4) is 0 Å². The van der Waals surface area contributed by atoms with Gasteiger partial charge in [-0.3, -0.25) is 0 Å². The number of ether oxygens (including phenoxy) is 2. The summed E-state index contributed by atoms with van der Waals surface area (Å²) >= 11 is 0. The summed E-state index contributed by atoms with van der Waals surface area (Å²) in [7, 11) is 0. The van der Waals surface area contributed by atoms with E-state index in [0.29, 0.717) is 18.9 Å². The summed E-state index contributed by atoms with van der Waals surface area (Å²) < 4.78 is 11.0. The molecule has 110 valence electrons. The van der Waals surface area contributed by atoms with Gasteiger partial charge in [0.1, 0.15) is 0 Å². The van der Waals surface area contributed by atoms with Gasteiger partial charge >= 0.3 is 0 Å². The van der Waals surface area contributed by atoms with Crippen LogP contribution in [0, 0.1) is 0 Å². The van der Waals surface area contributed by atoms with Crippen molar-refractivity contribution in [3.63, 3.8) is 0 Å². The van der Waals surface area contributed by atoms with Crippen molar-refractivity contribution in [1.29, 1.82) is 0 Å². The quantitative estimate of drug-likeness (QED) is 0.907. The maximum absolute atomic E-state index is 5.57. The second-order valence-electron chi connectivity index (χ2n) is 5.56. The Morgan fingerprint density at radius 1 is 1.00 bits per heavy atom. The highest BCUT2D eigenvalue weighted by molar-refractivity contribution is 5.48. The van der Waals surface area contributed by atoms with E-state index in [1.807, 2.05) is 18.2 Å². The molecule has 1 N–H and O–H groups in total. The third-order valence-electron chi connectivity index (χ3n) is 3.84. The summed E-state index contributed by atoms with van der Waals surface area (Å²) in [5, 5.41) is 3.64. The van der Waals surface area contributed by atoms with Gasteiger partial charge in [0.05, 0.1) is 0 Å². The van der Waals surface area contributed by atoms with Gasteiger partial charge in [-0.1, -0.05) is 42.5 Å². The maximum atomic E-state index is 5.57. The molecule has 0 saturated carbocycles. The molecule has 3 nitrogen and oxygen atoms in total. The van der Waals surface area contributed by atoms with Gasteiger partial charge in [0.15, 0.2) is 11.5 Å². The topological polar surface area (TPSA) is 30.5 Å². The average Bonchev–Trinajstić information content (AvgIpc) is 2.97. The van der Waals surface area contributed by atoms with Crippen LogP contribution in [0.5, 0.6) is 11.5 Å². The SMILES string of the molecule is C[C@H](N[C@@H](C)Cc1cccc2c1OCO2)c1ccccc1. The molecule has 0 fully saturated rings. The lowest BCUT2D eigenvalue weighted by atomic mass is 10.0. The Hall–Kier alpha value is -2.00. The largest absolute Gasteiger partial charge is 0.454 e. The lowest BCUT2D eigenvalue weighted by Crippen LogP contribution is -2.30. The van der Waals surface area contributed by atoms with Gasteiger partial charge in [0.2, 0.25) is 6.79 Å². The monoisotopic (exact) mass is 283 g/mol. The average molecular weight is 283 g/mol. The summed E-state index contributed by atoms with van der Waals surface area (Å²) in [5.74, 6) is 1.76. The fraction of sp³-hybridized carbons (Fsp3) is 0.333. The Bertz CT molecular complexity index is 597. The summed E-state index contributed by atoms with van der Waals surface area (Å²) in [5.41, 5.74) is 2.51. The van der Waals surface area contributed by atoms with Crippen molar-refractivity contribution in [3.05, 3.63) is 59.7 Å². The molecule has 3 rings (SSSR count). The van der Waals surface area contributed by atoms with Gasteiger partial charge in [-0.25, -0.2) is 0 Å². The Kier molecular flexibility index (Phi) is 4.11. The van der Waals surface area contributed by atoms with E-state index in [2.05, 4.69) is 49.5 Å². The summed E-state index contributed by atoms with van der Waals surface area (Å²) in [6.07, 6.45) is 0.920. The highest BCUT2D eigenvalue weighted by Gasteiger charge is 2.19. The summed E-state index contributed by atoms with van der Waals surface area (Å²) in [6, 6.07) is 17.3. The van der Waals surface area contributed by atoms with Crippen molar-refractivity contribution < 1.29 is 9.47 Å². The molecule has 0 aromatic heterocycles. The first-order valence-corrected chi connectivity index (χ1v) is 7.42. The van der Waals surface area contributed by atoms with Crippen LogP contribution >= 0.6 is 0 Å². The molecule has 0 unspecified atom stereocenters. The normalized spacial score (nSPS) is 15.7. The molecule has 1 heterocycles. The number of hydrogen-bond donors (Lipinski definition) is 1. The van der Waals surface area contributed by atoms with E-state index in [-0.39, 0.29) is 0 Å². The number of nitrogens with one attached hydrogen (secondary N) is 1. The molecule has 3 heteroatoms.